The molecule has 2 aromatic rings. The molecule has 0 saturated heterocycles. The molecule has 1 aromatic heterocycles. The first-order valence-electron chi connectivity index (χ1n) is 7.98. The van der Waals surface area contributed by atoms with Crippen LogP contribution in [0.1, 0.15) is 43.5 Å². The average molecular weight is 310 g/mol. The van der Waals surface area contributed by atoms with Gasteiger partial charge in [-0.2, -0.15) is 5.26 Å². The minimum absolute atomic E-state index is 0.114. The topological polar surface area (TPSA) is 81.6 Å². The molecular weight excluding hydrogens is 288 g/mol. The maximum Gasteiger partial charge on any atom is 0.219 e. The summed E-state index contributed by atoms with van der Waals surface area (Å²) < 4.78 is 0. The van der Waals surface area contributed by atoms with Crippen LogP contribution in [0.3, 0.4) is 0 Å². The van der Waals surface area contributed by atoms with Crippen LogP contribution in [0, 0.1) is 11.3 Å². The van der Waals surface area contributed by atoms with Gasteiger partial charge in [0.15, 0.2) is 0 Å². The Balaban J connectivity index is 1.74. The molecule has 23 heavy (non-hydrogen) atoms. The lowest BCUT2D eigenvalue weighted by atomic mass is 10.1. The van der Waals surface area contributed by atoms with Crippen molar-refractivity contribution in [3.8, 4) is 17.3 Å². The quantitative estimate of drug-likeness (QED) is 0.735. The van der Waals surface area contributed by atoms with E-state index in [-0.39, 0.29) is 5.91 Å². The highest BCUT2D eigenvalue weighted by Crippen LogP contribution is 2.18. The highest BCUT2D eigenvalue weighted by Gasteiger charge is 2.04. The van der Waals surface area contributed by atoms with Gasteiger partial charge in [-0.1, -0.05) is 25.0 Å². The summed E-state index contributed by atoms with van der Waals surface area (Å²) in [5.41, 5.74) is 2.67. The number of aryl methyl sites for hydroxylation is 1. The molecule has 0 radical (unpaired) electrons. The van der Waals surface area contributed by atoms with Crippen molar-refractivity contribution in [2.45, 2.75) is 38.5 Å². The Morgan fingerprint density at radius 3 is 2.65 bits per heavy atom. The van der Waals surface area contributed by atoms with E-state index in [1.54, 1.807) is 7.05 Å². The molecule has 0 atom stereocenters. The van der Waals surface area contributed by atoms with Crippen molar-refractivity contribution < 1.29 is 4.79 Å². The number of benzene rings is 1. The van der Waals surface area contributed by atoms with Crippen molar-refractivity contribution in [1.82, 2.24) is 15.3 Å². The Kier molecular flexibility index (Phi) is 6.37. The van der Waals surface area contributed by atoms with Gasteiger partial charge in [0.2, 0.25) is 5.91 Å². The van der Waals surface area contributed by atoms with Gasteiger partial charge in [0, 0.05) is 19.9 Å². The van der Waals surface area contributed by atoms with Crippen LogP contribution in [-0.4, -0.2) is 22.9 Å². The molecule has 0 aliphatic carbocycles. The van der Waals surface area contributed by atoms with E-state index in [2.05, 4.69) is 21.4 Å². The number of amides is 1. The fraction of sp³-hybridized carbons (Fsp3) is 0.389. The number of imidazole rings is 1. The van der Waals surface area contributed by atoms with Crippen LogP contribution in [0.25, 0.3) is 11.3 Å². The minimum atomic E-state index is 0.114. The van der Waals surface area contributed by atoms with Crippen molar-refractivity contribution >= 4 is 5.91 Å². The van der Waals surface area contributed by atoms with Gasteiger partial charge in [-0.25, -0.2) is 4.98 Å². The molecule has 5 heteroatoms. The zero-order valence-corrected chi connectivity index (χ0v) is 13.4. The molecule has 1 amide bonds. The van der Waals surface area contributed by atoms with Crippen molar-refractivity contribution in [2.24, 2.45) is 0 Å². The first-order valence-corrected chi connectivity index (χ1v) is 7.98. The van der Waals surface area contributed by atoms with E-state index >= 15 is 0 Å². The third-order valence-electron chi connectivity index (χ3n) is 3.80. The third kappa shape index (κ3) is 5.26. The van der Waals surface area contributed by atoms with Gasteiger partial charge in [-0.3, -0.25) is 4.79 Å². The number of nitrogens with zero attached hydrogens (tertiary/aromatic N) is 2. The maximum absolute atomic E-state index is 11.1. The molecule has 0 aliphatic heterocycles. The number of nitriles is 1. The largest absolute Gasteiger partial charge is 0.359 e. The summed E-state index contributed by atoms with van der Waals surface area (Å²) in [6, 6.07) is 9.58. The van der Waals surface area contributed by atoms with E-state index in [9.17, 15) is 4.79 Å². The van der Waals surface area contributed by atoms with Gasteiger partial charge >= 0.3 is 0 Å². The molecule has 0 unspecified atom stereocenters. The molecule has 2 rings (SSSR count). The fourth-order valence-corrected chi connectivity index (χ4v) is 2.42. The summed E-state index contributed by atoms with van der Waals surface area (Å²) in [5, 5.41) is 11.4. The van der Waals surface area contributed by atoms with Gasteiger partial charge in [-0.15, -0.1) is 0 Å². The summed E-state index contributed by atoms with van der Waals surface area (Å²) in [6.45, 7) is 0. The third-order valence-corrected chi connectivity index (χ3v) is 3.80. The number of H-pyrrole nitrogens is 1. The zero-order valence-electron chi connectivity index (χ0n) is 13.4. The molecule has 0 spiro atoms. The van der Waals surface area contributed by atoms with Crippen LogP contribution in [0.4, 0.5) is 0 Å². The predicted molar refractivity (Wildman–Crippen MR) is 89.6 cm³/mol. The highest BCUT2D eigenvalue weighted by molar-refractivity contribution is 5.75. The molecular formula is C18H22N4O. The summed E-state index contributed by atoms with van der Waals surface area (Å²) in [7, 11) is 1.67. The smallest absolute Gasteiger partial charge is 0.219 e. The number of aromatic nitrogens is 2. The van der Waals surface area contributed by atoms with Crippen molar-refractivity contribution in [1.29, 1.82) is 5.26 Å². The van der Waals surface area contributed by atoms with E-state index in [4.69, 9.17) is 5.26 Å². The highest BCUT2D eigenvalue weighted by atomic mass is 16.1. The summed E-state index contributed by atoms with van der Waals surface area (Å²) in [6.07, 6.45) is 7.53. The van der Waals surface area contributed by atoms with Crippen LogP contribution < -0.4 is 5.32 Å². The van der Waals surface area contributed by atoms with Crippen molar-refractivity contribution in [2.75, 3.05) is 7.05 Å². The Labute approximate surface area is 136 Å². The molecule has 1 heterocycles. The fourth-order valence-electron chi connectivity index (χ4n) is 2.42. The second kappa shape index (κ2) is 8.74. The molecule has 0 aliphatic rings. The lowest BCUT2D eigenvalue weighted by molar-refractivity contribution is -0.120. The molecule has 2 N–H and O–H groups in total. The van der Waals surface area contributed by atoms with Crippen LogP contribution >= 0.6 is 0 Å². The van der Waals surface area contributed by atoms with Crippen LogP contribution in [0.2, 0.25) is 0 Å². The van der Waals surface area contributed by atoms with Gasteiger partial charge in [0.1, 0.15) is 5.82 Å². The number of nitrogens with one attached hydrogen (secondary N) is 2. The second-order valence-electron chi connectivity index (χ2n) is 5.52. The van der Waals surface area contributed by atoms with Crippen LogP contribution in [0.5, 0.6) is 0 Å². The van der Waals surface area contributed by atoms with E-state index in [1.807, 2.05) is 30.5 Å². The number of unbranched alkanes of at least 4 members (excludes halogenated alkanes) is 3. The van der Waals surface area contributed by atoms with Gasteiger partial charge in [0.25, 0.3) is 0 Å². The number of aromatic amines is 1. The van der Waals surface area contributed by atoms with E-state index in [1.165, 1.54) is 0 Å². The molecule has 0 saturated carbocycles. The Bertz CT molecular complexity index is 667. The molecule has 1 aromatic carbocycles. The SMILES string of the molecule is CNC(=O)CCCCCCc1ncc(-c2ccc(C#N)cc2)[nH]1. The first-order chi connectivity index (χ1) is 11.2. The molecule has 5 nitrogen and oxygen atoms in total. The Morgan fingerprint density at radius 1 is 1.22 bits per heavy atom. The maximum atomic E-state index is 11.1. The van der Waals surface area contributed by atoms with Gasteiger partial charge < -0.3 is 10.3 Å². The van der Waals surface area contributed by atoms with Crippen LogP contribution in [0.15, 0.2) is 30.5 Å². The summed E-state index contributed by atoms with van der Waals surface area (Å²) in [4.78, 5) is 18.8. The predicted octanol–water partition coefficient (Wildman–Crippen LogP) is 3.19. The zero-order chi connectivity index (χ0) is 16.5. The summed E-state index contributed by atoms with van der Waals surface area (Å²) in [5.74, 6) is 1.10. The van der Waals surface area contributed by atoms with Gasteiger partial charge in [-0.05, 0) is 30.5 Å². The van der Waals surface area contributed by atoms with Crippen molar-refractivity contribution in [3.63, 3.8) is 0 Å². The van der Waals surface area contributed by atoms with E-state index in [0.717, 1.165) is 49.2 Å². The Morgan fingerprint density at radius 2 is 1.96 bits per heavy atom. The summed E-state index contributed by atoms with van der Waals surface area (Å²) >= 11 is 0. The standard InChI is InChI=1S/C18H22N4O/c1-20-18(23)7-5-3-2-4-6-17-21-13-16(22-17)15-10-8-14(12-19)9-11-15/h8-11,13H,2-7H2,1H3,(H,20,23)(H,21,22). The minimum Gasteiger partial charge on any atom is -0.359 e. The number of hydrogen-bond donors (Lipinski definition) is 2. The number of hydrogen-bond acceptors (Lipinski definition) is 3. The number of rotatable bonds is 8. The lowest BCUT2D eigenvalue weighted by Crippen LogP contribution is -2.16. The van der Waals surface area contributed by atoms with Gasteiger partial charge in [0.05, 0.1) is 23.5 Å². The van der Waals surface area contributed by atoms with Crippen molar-refractivity contribution in [3.05, 3.63) is 41.9 Å². The van der Waals surface area contributed by atoms with Crippen LogP contribution in [-0.2, 0) is 11.2 Å². The molecule has 0 bridgehead atoms. The number of carbonyl (C=O) groups is 1. The normalized spacial score (nSPS) is 10.3. The Hall–Kier alpha value is -2.61. The molecule has 0 fully saturated rings. The van der Waals surface area contributed by atoms with E-state index in [0.29, 0.717) is 12.0 Å². The monoisotopic (exact) mass is 310 g/mol. The number of carbonyl (C=O) groups excluding carboxylic acids is 1. The molecule has 120 valence electrons. The lowest BCUT2D eigenvalue weighted by Gasteiger charge is -2.01. The first kappa shape index (κ1) is 16.8. The average Bonchev–Trinajstić information content (AvgIpc) is 3.06. The second-order valence-corrected chi connectivity index (χ2v) is 5.52. The van der Waals surface area contributed by atoms with E-state index < -0.39 is 0 Å².